The number of pyridine rings is 1. The van der Waals surface area contributed by atoms with Crippen molar-refractivity contribution in [3.8, 4) is 5.75 Å². The van der Waals surface area contributed by atoms with Gasteiger partial charge in [0.25, 0.3) is 0 Å². The Labute approximate surface area is 132 Å². The highest BCUT2D eigenvalue weighted by Crippen LogP contribution is 2.27. The Morgan fingerprint density at radius 3 is 2.86 bits per heavy atom. The van der Waals surface area contributed by atoms with Crippen molar-refractivity contribution >= 4 is 0 Å². The van der Waals surface area contributed by atoms with Gasteiger partial charge in [-0.3, -0.25) is 9.88 Å². The number of hydrogen-bond donors (Lipinski definition) is 1. The molecule has 3 rings (SSSR count). The fourth-order valence-electron chi connectivity index (χ4n) is 3.10. The molecule has 4 nitrogen and oxygen atoms in total. The maximum absolute atomic E-state index is 5.53. The summed E-state index contributed by atoms with van der Waals surface area (Å²) in [5, 5.41) is 3.50. The van der Waals surface area contributed by atoms with E-state index in [4.69, 9.17) is 4.74 Å². The van der Waals surface area contributed by atoms with Crippen LogP contribution < -0.4 is 10.1 Å². The van der Waals surface area contributed by atoms with Gasteiger partial charge in [-0.2, -0.15) is 0 Å². The third-order valence-corrected chi connectivity index (χ3v) is 4.25. The van der Waals surface area contributed by atoms with E-state index in [9.17, 15) is 0 Å². The number of nitrogens with zero attached hydrogens (tertiary/aromatic N) is 2. The molecule has 0 aliphatic carbocycles. The van der Waals surface area contributed by atoms with Crippen LogP contribution in [0.5, 0.6) is 5.75 Å². The molecule has 0 amide bonds. The normalized spacial score (nSPS) is 19.1. The minimum atomic E-state index is 0.377. The highest BCUT2D eigenvalue weighted by atomic mass is 16.5. The molecule has 1 aliphatic heterocycles. The van der Waals surface area contributed by atoms with E-state index in [1.807, 2.05) is 12.4 Å². The molecule has 1 unspecified atom stereocenters. The van der Waals surface area contributed by atoms with Gasteiger partial charge < -0.3 is 10.1 Å². The van der Waals surface area contributed by atoms with Crippen LogP contribution in [0.4, 0.5) is 0 Å². The molecule has 0 saturated carbocycles. The van der Waals surface area contributed by atoms with Crippen molar-refractivity contribution in [1.82, 2.24) is 15.2 Å². The Bertz CT molecular complexity index is 615. The van der Waals surface area contributed by atoms with Gasteiger partial charge in [-0.1, -0.05) is 17.7 Å². The van der Waals surface area contributed by atoms with Crippen LogP contribution in [-0.2, 0) is 6.54 Å². The fourth-order valence-corrected chi connectivity index (χ4v) is 3.10. The lowest BCUT2D eigenvalue weighted by Gasteiger charge is -2.36. The van der Waals surface area contributed by atoms with Gasteiger partial charge in [-0.25, -0.2) is 0 Å². The van der Waals surface area contributed by atoms with E-state index in [0.717, 1.165) is 31.9 Å². The third-order valence-electron chi connectivity index (χ3n) is 4.25. The standard InChI is InChI=1S/C18H23N3O/c1-14-3-4-18(22-2)16(11-14)13-21-10-9-20-12-17(21)15-5-7-19-8-6-15/h3-8,11,17,20H,9-10,12-13H2,1-2H3. The van der Waals surface area contributed by atoms with Crippen LogP contribution in [0, 0.1) is 6.92 Å². The second kappa shape index (κ2) is 6.90. The number of aromatic nitrogens is 1. The zero-order chi connectivity index (χ0) is 15.4. The third kappa shape index (κ3) is 3.29. The summed E-state index contributed by atoms with van der Waals surface area (Å²) in [6.45, 7) is 6.05. The van der Waals surface area contributed by atoms with Gasteiger partial charge in [0, 0.05) is 50.2 Å². The van der Waals surface area contributed by atoms with Crippen LogP contribution in [0.1, 0.15) is 22.7 Å². The Balaban J connectivity index is 1.84. The largest absolute Gasteiger partial charge is 0.496 e. The molecule has 1 aromatic carbocycles. The number of benzene rings is 1. The average Bonchev–Trinajstić information content (AvgIpc) is 2.56. The molecule has 1 N–H and O–H groups in total. The van der Waals surface area contributed by atoms with Gasteiger partial charge in [0.05, 0.1) is 7.11 Å². The minimum absolute atomic E-state index is 0.377. The van der Waals surface area contributed by atoms with Crippen LogP contribution in [-0.4, -0.2) is 36.6 Å². The van der Waals surface area contributed by atoms with Gasteiger partial charge >= 0.3 is 0 Å². The zero-order valence-corrected chi connectivity index (χ0v) is 13.2. The lowest BCUT2D eigenvalue weighted by atomic mass is 10.0. The summed E-state index contributed by atoms with van der Waals surface area (Å²) in [6.07, 6.45) is 3.74. The predicted molar refractivity (Wildman–Crippen MR) is 88.0 cm³/mol. The second-order valence-electron chi connectivity index (χ2n) is 5.79. The fraction of sp³-hybridized carbons (Fsp3) is 0.389. The Morgan fingerprint density at radius 2 is 2.09 bits per heavy atom. The number of hydrogen-bond acceptors (Lipinski definition) is 4. The van der Waals surface area contributed by atoms with Crippen molar-refractivity contribution in [2.45, 2.75) is 19.5 Å². The van der Waals surface area contributed by atoms with Gasteiger partial charge in [-0.15, -0.1) is 0 Å². The predicted octanol–water partition coefficient (Wildman–Crippen LogP) is 2.55. The van der Waals surface area contributed by atoms with E-state index in [1.54, 1.807) is 7.11 Å². The van der Waals surface area contributed by atoms with Crippen molar-refractivity contribution in [3.05, 3.63) is 59.4 Å². The van der Waals surface area contributed by atoms with E-state index in [2.05, 4.69) is 52.5 Å². The SMILES string of the molecule is COc1ccc(C)cc1CN1CCNCC1c1ccncc1. The molecule has 0 bridgehead atoms. The minimum Gasteiger partial charge on any atom is -0.496 e. The Morgan fingerprint density at radius 1 is 1.27 bits per heavy atom. The molecule has 1 aromatic heterocycles. The lowest BCUT2D eigenvalue weighted by Crippen LogP contribution is -2.45. The van der Waals surface area contributed by atoms with Crippen molar-refractivity contribution in [1.29, 1.82) is 0 Å². The molecular formula is C18H23N3O. The van der Waals surface area contributed by atoms with Crippen LogP contribution in [0.2, 0.25) is 0 Å². The summed E-state index contributed by atoms with van der Waals surface area (Å²) in [5.74, 6) is 0.970. The molecule has 22 heavy (non-hydrogen) atoms. The van der Waals surface area contributed by atoms with Gasteiger partial charge in [0.2, 0.25) is 0 Å². The van der Waals surface area contributed by atoms with Crippen molar-refractivity contribution in [3.63, 3.8) is 0 Å². The molecule has 1 atom stereocenters. The quantitative estimate of drug-likeness (QED) is 0.941. The first-order chi connectivity index (χ1) is 10.8. The van der Waals surface area contributed by atoms with Crippen molar-refractivity contribution in [2.24, 2.45) is 0 Å². The number of methoxy groups -OCH3 is 1. The molecule has 1 fully saturated rings. The van der Waals surface area contributed by atoms with Crippen LogP contribution in [0.25, 0.3) is 0 Å². The smallest absolute Gasteiger partial charge is 0.123 e. The van der Waals surface area contributed by atoms with Crippen molar-refractivity contribution in [2.75, 3.05) is 26.7 Å². The summed E-state index contributed by atoms with van der Waals surface area (Å²) < 4.78 is 5.53. The van der Waals surface area contributed by atoms with Crippen LogP contribution in [0.15, 0.2) is 42.7 Å². The van der Waals surface area contributed by atoms with E-state index in [1.165, 1.54) is 16.7 Å². The highest BCUT2D eigenvalue weighted by Gasteiger charge is 2.24. The molecule has 116 valence electrons. The maximum Gasteiger partial charge on any atom is 0.123 e. The Hall–Kier alpha value is -1.91. The summed E-state index contributed by atoms with van der Waals surface area (Å²) in [6, 6.07) is 11.0. The molecule has 0 spiro atoms. The first-order valence-corrected chi connectivity index (χ1v) is 7.76. The summed E-state index contributed by atoms with van der Waals surface area (Å²) in [4.78, 5) is 6.65. The van der Waals surface area contributed by atoms with Crippen LogP contribution in [0.3, 0.4) is 0 Å². The average molecular weight is 297 g/mol. The number of rotatable bonds is 4. The van der Waals surface area contributed by atoms with E-state index in [0.29, 0.717) is 6.04 Å². The topological polar surface area (TPSA) is 37.4 Å². The van der Waals surface area contributed by atoms with Crippen molar-refractivity contribution < 1.29 is 4.74 Å². The second-order valence-corrected chi connectivity index (χ2v) is 5.79. The number of nitrogens with one attached hydrogen (secondary N) is 1. The molecular weight excluding hydrogens is 274 g/mol. The molecule has 1 aliphatic rings. The summed E-state index contributed by atoms with van der Waals surface area (Å²) in [7, 11) is 1.74. The number of piperazine rings is 1. The molecule has 0 radical (unpaired) electrons. The monoisotopic (exact) mass is 297 g/mol. The zero-order valence-electron chi connectivity index (χ0n) is 13.2. The summed E-state index contributed by atoms with van der Waals surface area (Å²) in [5.41, 5.74) is 3.84. The Kier molecular flexibility index (Phi) is 4.71. The number of aryl methyl sites for hydroxylation is 1. The first-order valence-electron chi connectivity index (χ1n) is 7.76. The van der Waals surface area contributed by atoms with Crippen LogP contribution >= 0.6 is 0 Å². The van der Waals surface area contributed by atoms with E-state index < -0.39 is 0 Å². The van der Waals surface area contributed by atoms with E-state index >= 15 is 0 Å². The lowest BCUT2D eigenvalue weighted by molar-refractivity contribution is 0.152. The first kappa shape index (κ1) is 15.0. The molecule has 2 aromatic rings. The maximum atomic E-state index is 5.53. The van der Waals surface area contributed by atoms with E-state index in [-0.39, 0.29) is 0 Å². The van der Waals surface area contributed by atoms with Gasteiger partial charge in [0.1, 0.15) is 5.75 Å². The molecule has 2 heterocycles. The molecule has 4 heteroatoms. The molecule has 1 saturated heterocycles. The van der Waals surface area contributed by atoms with Gasteiger partial charge in [-0.05, 0) is 30.7 Å². The highest BCUT2D eigenvalue weighted by molar-refractivity contribution is 5.37. The number of ether oxygens (including phenoxy) is 1. The summed E-state index contributed by atoms with van der Waals surface area (Å²) >= 11 is 0. The van der Waals surface area contributed by atoms with Gasteiger partial charge in [0.15, 0.2) is 0 Å².